The number of nitrogens with one attached hydrogen (secondary N) is 1. The van der Waals surface area contributed by atoms with Crippen molar-refractivity contribution >= 4 is 35.1 Å². The molecular formula is C13H13N3O3S2. The number of thiol groups is 1. The van der Waals surface area contributed by atoms with Gasteiger partial charge in [0.2, 0.25) is 0 Å². The average Bonchev–Trinajstić information content (AvgIpc) is 2.94. The second-order valence-electron chi connectivity index (χ2n) is 4.30. The molecule has 6 nitrogen and oxygen atoms in total. The zero-order valence-corrected chi connectivity index (χ0v) is 12.6. The molecule has 1 heterocycles. The Bertz CT molecular complexity index is 633. The Hall–Kier alpha value is -1.93. The molecule has 8 heteroatoms. The van der Waals surface area contributed by atoms with E-state index in [1.807, 2.05) is 35.7 Å². The van der Waals surface area contributed by atoms with Crippen LogP contribution in [0.3, 0.4) is 0 Å². The number of anilines is 1. The molecule has 1 aromatic heterocycles. The quantitative estimate of drug-likeness (QED) is 0.414. The lowest BCUT2D eigenvalue weighted by atomic mass is 10.2. The van der Waals surface area contributed by atoms with Crippen LogP contribution >= 0.6 is 24.0 Å². The monoisotopic (exact) mass is 323 g/mol. The molecule has 1 unspecified atom stereocenters. The first-order chi connectivity index (χ1) is 10.0. The fraction of sp³-hybridized carbons (Fsp3) is 0.231. The van der Waals surface area contributed by atoms with E-state index >= 15 is 0 Å². The van der Waals surface area contributed by atoms with Crippen LogP contribution in [-0.4, -0.2) is 27.5 Å². The number of carboxylic acids is 1. The number of thiazole rings is 1. The van der Waals surface area contributed by atoms with Gasteiger partial charge in [-0.15, -0.1) is 24.0 Å². The first kappa shape index (κ1) is 15.5. The van der Waals surface area contributed by atoms with Crippen molar-refractivity contribution in [3.63, 3.8) is 0 Å². The normalized spacial score (nSPS) is 13.4. The molecule has 0 radical (unpaired) electrons. The summed E-state index contributed by atoms with van der Waals surface area (Å²) in [5.41, 5.74) is 1.69. The van der Waals surface area contributed by atoms with E-state index < -0.39 is 10.8 Å². The van der Waals surface area contributed by atoms with Crippen LogP contribution in [0.4, 0.5) is 5.13 Å². The van der Waals surface area contributed by atoms with Gasteiger partial charge in [-0.05, 0) is 0 Å². The fourth-order valence-corrected chi connectivity index (χ4v) is 2.76. The molecule has 0 fully saturated rings. The van der Waals surface area contributed by atoms with Gasteiger partial charge < -0.3 is 10.4 Å². The highest BCUT2D eigenvalue weighted by Gasteiger charge is 2.35. The molecule has 1 aromatic carbocycles. The molecule has 0 amide bonds. The molecule has 2 rings (SSSR count). The number of nitrogens with zero attached hydrogens (tertiary/aromatic N) is 2. The van der Waals surface area contributed by atoms with Crippen LogP contribution in [0.1, 0.15) is 6.42 Å². The number of aromatic nitrogens is 1. The lowest BCUT2D eigenvalue weighted by molar-refractivity contribution is -0.139. The van der Waals surface area contributed by atoms with Gasteiger partial charge in [0, 0.05) is 17.4 Å². The molecule has 2 aromatic rings. The first-order valence-corrected chi connectivity index (χ1v) is 7.42. The van der Waals surface area contributed by atoms with Crippen LogP contribution in [-0.2, 0) is 4.79 Å². The predicted molar refractivity (Wildman–Crippen MR) is 85.8 cm³/mol. The Morgan fingerprint density at radius 2 is 2.14 bits per heavy atom. The summed E-state index contributed by atoms with van der Waals surface area (Å²) >= 11 is 5.39. The van der Waals surface area contributed by atoms with Crippen molar-refractivity contribution in [2.75, 3.05) is 11.9 Å². The van der Waals surface area contributed by atoms with E-state index in [9.17, 15) is 14.8 Å². The van der Waals surface area contributed by atoms with Gasteiger partial charge in [-0.25, -0.2) is 9.78 Å². The lowest BCUT2D eigenvalue weighted by Gasteiger charge is -2.23. The zero-order valence-electron chi connectivity index (χ0n) is 10.9. The highest BCUT2D eigenvalue weighted by Crippen LogP contribution is 2.29. The van der Waals surface area contributed by atoms with Crippen molar-refractivity contribution in [3.05, 3.63) is 40.6 Å². The molecule has 0 aliphatic rings. The van der Waals surface area contributed by atoms with Gasteiger partial charge in [0.05, 0.1) is 12.2 Å². The van der Waals surface area contributed by atoms with E-state index in [2.05, 4.69) is 28.1 Å². The minimum atomic E-state index is -1.57. The van der Waals surface area contributed by atoms with Crippen LogP contribution in [0.15, 0.2) is 40.9 Å². The summed E-state index contributed by atoms with van der Waals surface area (Å²) in [5.74, 6) is -1.18. The largest absolute Gasteiger partial charge is 0.479 e. The van der Waals surface area contributed by atoms with Crippen LogP contribution in [0, 0.1) is 4.91 Å². The van der Waals surface area contributed by atoms with Crippen molar-refractivity contribution < 1.29 is 9.90 Å². The fourth-order valence-electron chi connectivity index (χ4n) is 1.68. The number of hydrogen-bond acceptors (Lipinski definition) is 7. The van der Waals surface area contributed by atoms with Gasteiger partial charge in [0.25, 0.3) is 0 Å². The summed E-state index contributed by atoms with van der Waals surface area (Å²) in [6, 6.07) is 9.54. The van der Waals surface area contributed by atoms with Crippen molar-refractivity contribution in [2.24, 2.45) is 5.18 Å². The third-order valence-electron chi connectivity index (χ3n) is 2.81. The molecule has 110 valence electrons. The summed E-state index contributed by atoms with van der Waals surface area (Å²) < 4.78 is 0. The second-order valence-corrected chi connectivity index (χ2v) is 5.92. The standard InChI is InChI=1S/C13H13N3O3S2/c17-11(18)13(20,6-7-14-19)16-12-15-10(8-21-12)9-4-2-1-3-5-9/h1-5,8,20H,6-7H2,(H,15,16)(H,17,18). The summed E-state index contributed by atoms with van der Waals surface area (Å²) in [6.45, 7) is -0.139. The number of benzene rings is 1. The molecule has 0 aliphatic heterocycles. The van der Waals surface area contributed by atoms with E-state index in [1.165, 1.54) is 11.3 Å². The lowest BCUT2D eigenvalue weighted by Crippen LogP contribution is -2.41. The summed E-state index contributed by atoms with van der Waals surface area (Å²) in [5, 5.41) is 16.9. The zero-order chi connectivity index (χ0) is 15.3. The molecular weight excluding hydrogens is 310 g/mol. The molecule has 0 spiro atoms. The van der Waals surface area contributed by atoms with Crippen molar-refractivity contribution in [1.82, 2.24) is 4.98 Å². The number of carbonyl (C=O) groups is 1. The van der Waals surface area contributed by atoms with Gasteiger partial charge in [-0.1, -0.05) is 35.5 Å². The third-order valence-corrected chi connectivity index (χ3v) is 4.09. The van der Waals surface area contributed by atoms with E-state index in [0.29, 0.717) is 5.13 Å². The van der Waals surface area contributed by atoms with Gasteiger partial charge >= 0.3 is 5.97 Å². The highest BCUT2D eigenvalue weighted by molar-refractivity contribution is 7.82. The highest BCUT2D eigenvalue weighted by atomic mass is 32.1. The Balaban J connectivity index is 2.17. The minimum Gasteiger partial charge on any atom is -0.479 e. The van der Waals surface area contributed by atoms with Crippen LogP contribution in [0.25, 0.3) is 11.3 Å². The van der Waals surface area contributed by atoms with Gasteiger partial charge in [0.1, 0.15) is 0 Å². The average molecular weight is 323 g/mol. The number of nitroso groups, excluding NO2 is 1. The summed E-state index contributed by atoms with van der Waals surface area (Å²) in [4.78, 5) is 24.3. The number of aliphatic carboxylic acids is 1. The van der Waals surface area contributed by atoms with Gasteiger partial charge in [-0.3, -0.25) is 0 Å². The Kier molecular flexibility index (Phi) is 4.92. The number of carboxylic acid groups (broad SMARTS) is 1. The third kappa shape index (κ3) is 3.79. The van der Waals surface area contributed by atoms with Gasteiger partial charge in [0.15, 0.2) is 10.0 Å². The van der Waals surface area contributed by atoms with Gasteiger partial charge in [-0.2, -0.15) is 4.91 Å². The van der Waals surface area contributed by atoms with E-state index in [1.54, 1.807) is 0 Å². The summed E-state index contributed by atoms with van der Waals surface area (Å²) in [7, 11) is 0. The smallest absolute Gasteiger partial charge is 0.339 e. The topological polar surface area (TPSA) is 91.7 Å². The van der Waals surface area contributed by atoms with Crippen molar-refractivity contribution in [2.45, 2.75) is 11.3 Å². The molecule has 1 atom stereocenters. The predicted octanol–water partition coefficient (Wildman–Crippen LogP) is 3.09. The maximum Gasteiger partial charge on any atom is 0.339 e. The van der Waals surface area contributed by atoms with Crippen molar-refractivity contribution in [3.8, 4) is 11.3 Å². The number of hydrogen-bond donors (Lipinski definition) is 3. The van der Waals surface area contributed by atoms with Crippen LogP contribution in [0.2, 0.25) is 0 Å². The van der Waals surface area contributed by atoms with Crippen molar-refractivity contribution in [1.29, 1.82) is 0 Å². The van der Waals surface area contributed by atoms with E-state index in [-0.39, 0.29) is 13.0 Å². The Morgan fingerprint density at radius 3 is 2.76 bits per heavy atom. The van der Waals surface area contributed by atoms with Crippen LogP contribution < -0.4 is 5.32 Å². The molecule has 0 saturated heterocycles. The minimum absolute atomic E-state index is 0.0325. The van der Waals surface area contributed by atoms with Crippen LogP contribution in [0.5, 0.6) is 0 Å². The Labute approximate surface area is 130 Å². The molecule has 21 heavy (non-hydrogen) atoms. The van der Waals surface area contributed by atoms with E-state index in [4.69, 9.17) is 0 Å². The molecule has 2 N–H and O–H groups in total. The molecule has 0 bridgehead atoms. The molecule has 0 aliphatic carbocycles. The summed E-state index contributed by atoms with van der Waals surface area (Å²) in [6.07, 6.45) is -0.0325. The first-order valence-electron chi connectivity index (χ1n) is 6.09. The second kappa shape index (κ2) is 6.68. The SMILES string of the molecule is O=NCCC(S)(Nc1nc(-c2ccccc2)cs1)C(=O)O. The number of rotatable bonds is 7. The maximum atomic E-state index is 11.3. The van der Waals surface area contributed by atoms with E-state index in [0.717, 1.165) is 11.3 Å². The maximum absolute atomic E-state index is 11.3. The molecule has 0 saturated carbocycles. The Morgan fingerprint density at radius 1 is 1.43 bits per heavy atom.